The molecule has 0 heterocycles. The summed E-state index contributed by atoms with van der Waals surface area (Å²) >= 11 is 0. The molecule has 1 rings (SSSR count). The molecule has 3 N–H and O–H groups in total. The van der Waals surface area contributed by atoms with E-state index in [0.717, 1.165) is 5.56 Å². The van der Waals surface area contributed by atoms with E-state index >= 15 is 0 Å². The summed E-state index contributed by atoms with van der Waals surface area (Å²) < 4.78 is 0. The van der Waals surface area contributed by atoms with Crippen LogP contribution in [0.5, 0.6) is 0 Å². The van der Waals surface area contributed by atoms with Crippen LogP contribution in [0.3, 0.4) is 0 Å². The number of benzene rings is 1. The number of quaternary nitrogens is 1. The van der Waals surface area contributed by atoms with Crippen LogP contribution in [-0.4, -0.2) is 12.3 Å². The van der Waals surface area contributed by atoms with E-state index < -0.39 is 0 Å². The molecule has 0 aliphatic heterocycles. The van der Waals surface area contributed by atoms with Gasteiger partial charge in [0.25, 0.3) is 0 Å². The molecular weight excluding hydrogens is 150 g/mol. The maximum absolute atomic E-state index is 11.3. The highest BCUT2D eigenvalue weighted by Crippen LogP contribution is 2.04. The predicted molar refractivity (Wildman–Crippen MR) is 47.9 cm³/mol. The van der Waals surface area contributed by atoms with Gasteiger partial charge in [-0.1, -0.05) is 29.8 Å². The first-order valence-corrected chi connectivity index (χ1v) is 4.13. The third-order valence-electron chi connectivity index (χ3n) is 1.78. The fraction of sp³-hybridized carbons (Fsp3) is 0.300. The van der Waals surface area contributed by atoms with E-state index in [1.807, 2.05) is 31.2 Å². The van der Waals surface area contributed by atoms with Crippen LogP contribution in [0.4, 0.5) is 0 Å². The Hall–Kier alpha value is -1.15. The Morgan fingerprint density at radius 3 is 2.42 bits per heavy atom. The Kier molecular flexibility index (Phi) is 3.00. The lowest BCUT2D eigenvalue weighted by molar-refractivity contribution is -0.365. The molecule has 0 saturated heterocycles. The molecule has 0 fully saturated rings. The van der Waals surface area contributed by atoms with Gasteiger partial charge >= 0.3 is 0 Å². The molecule has 0 amide bonds. The first-order chi connectivity index (χ1) is 5.74. The van der Waals surface area contributed by atoms with Gasteiger partial charge in [-0.3, -0.25) is 4.79 Å². The Balaban J connectivity index is 2.75. The van der Waals surface area contributed by atoms with Crippen molar-refractivity contribution in [2.45, 2.75) is 13.3 Å². The quantitative estimate of drug-likeness (QED) is 0.660. The van der Waals surface area contributed by atoms with Gasteiger partial charge in [0.05, 0.1) is 13.0 Å². The second-order valence-electron chi connectivity index (χ2n) is 2.89. The number of rotatable bonds is 3. The van der Waals surface area contributed by atoms with Crippen LogP contribution in [0.25, 0.3) is 0 Å². The molecule has 0 aliphatic carbocycles. The standard InChI is InChI=1S/C10H13NO/c1-8-2-4-9(5-3-8)10(12)6-7-11/h2-5H,6-7,11H2,1H3/p+1. The summed E-state index contributed by atoms with van der Waals surface area (Å²) in [4.78, 5) is 11.3. The van der Waals surface area contributed by atoms with Crippen molar-refractivity contribution in [3.63, 3.8) is 0 Å². The minimum atomic E-state index is 0.185. The fourth-order valence-corrected chi connectivity index (χ4v) is 1.04. The van der Waals surface area contributed by atoms with Crippen molar-refractivity contribution in [3.05, 3.63) is 35.4 Å². The molecule has 0 radical (unpaired) electrons. The Morgan fingerprint density at radius 1 is 1.33 bits per heavy atom. The van der Waals surface area contributed by atoms with E-state index in [9.17, 15) is 4.79 Å². The Bertz CT molecular complexity index is 264. The molecule has 0 saturated carbocycles. The highest BCUT2D eigenvalue weighted by molar-refractivity contribution is 5.96. The van der Waals surface area contributed by atoms with E-state index in [2.05, 4.69) is 5.73 Å². The Labute approximate surface area is 72.4 Å². The number of carbonyl (C=O) groups excluding carboxylic acids is 1. The number of aryl methyl sites for hydroxylation is 1. The van der Waals surface area contributed by atoms with Gasteiger partial charge in [-0.15, -0.1) is 0 Å². The maximum atomic E-state index is 11.3. The molecule has 0 spiro atoms. The number of Topliss-reactive ketones (excluding diaryl/α,β-unsaturated/α-hetero) is 1. The number of ketones is 1. The number of hydrogen-bond acceptors (Lipinski definition) is 1. The molecule has 2 heteroatoms. The zero-order chi connectivity index (χ0) is 8.97. The lowest BCUT2D eigenvalue weighted by Crippen LogP contribution is -2.50. The van der Waals surface area contributed by atoms with Gasteiger partial charge < -0.3 is 5.73 Å². The molecule has 64 valence electrons. The van der Waals surface area contributed by atoms with Gasteiger partial charge in [0.1, 0.15) is 0 Å². The summed E-state index contributed by atoms with van der Waals surface area (Å²) in [5, 5.41) is 0. The molecule has 1 aromatic carbocycles. The summed E-state index contributed by atoms with van der Waals surface area (Å²) in [5.74, 6) is 0.185. The van der Waals surface area contributed by atoms with Crippen LogP contribution in [0.1, 0.15) is 22.3 Å². The molecule has 0 atom stereocenters. The molecule has 2 nitrogen and oxygen atoms in total. The monoisotopic (exact) mass is 164 g/mol. The van der Waals surface area contributed by atoms with Gasteiger partial charge in [0.2, 0.25) is 0 Å². The summed E-state index contributed by atoms with van der Waals surface area (Å²) in [6, 6.07) is 7.65. The first-order valence-electron chi connectivity index (χ1n) is 4.13. The van der Waals surface area contributed by atoms with Crippen LogP contribution in [0, 0.1) is 6.92 Å². The predicted octanol–water partition coefficient (Wildman–Crippen LogP) is 0.810. The topological polar surface area (TPSA) is 44.7 Å². The van der Waals surface area contributed by atoms with E-state index in [4.69, 9.17) is 0 Å². The van der Waals surface area contributed by atoms with Crippen molar-refractivity contribution in [2.24, 2.45) is 0 Å². The van der Waals surface area contributed by atoms with Crippen LogP contribution < -0.4 is 5.73 Å². The first kappa shape index (κ1) is 8.94. The minimum absolute atomic E-state index is 0.185. The number of hydrogen-bond donors (Lipinski definition) is 1. The zero-order valence-corrected chi connectivity index (χ0v) is 7.34. The average molecular weight is 164 g/mol. The average Bonchev–Trinajstić information content (AvgIpc) is 2.06. The summed E-state index contributed by atoms with van der Waals surface area (Å²) in [6.07, 6.45) is 0.545. The highest BCUT2D eigenvalue weighted by Gasteiger charge is 2.03. The largest absolute Gasteiger partial charge is 0.357 e. The third-order valence-corrected chi connectivity index (χ3v) is 1.78. The van der Waals surface area contributed by atoms with Gasteiger partial charge in [-0.2, -0.15) is 0 Å². The summed E-state index contributed by atoms with van der Waals surface area (Å²) in [5.41, 5.74) is 5.63. The molecule has 1 aromatic rings. The lowest BCUT2D eigenvalue weighted by Gasteiger charge is -1.97. The second kappa shape index (κ2) is 4.02. The highest BCUT2D eigenvalue weighted by atomic mass is 16.1. The molecular formula is C10H14NO+. The maximum Gasteiger partial charge on any atom is 0.168 e. The minimum Gasteiger partial charge on any atom is -0.357 e. The van der Waals surface area contributed by atoms with Crippen molar-refractivity contribution in [1.82, 2.24) is 0 Å². The molecule has 12 heavy (non-hydrogen) atoms. The fourth-order valence-electron chi connectivity index (χ4n) is 1.04. The van der Waals surface area contributed by atoms with E-state index in [-0.39, 0.29) is 5.78 Å². The molecule has 0 aromatic heterocycles. The van der Waals surface area contributed by atoms with Crippen LogP contribution in [0.2, 0.25) is 0 Å². The van der Waals surface area contributed by atoms with E-state index in [1.54, 1.807) is 0 Å². The molecule has 0 aliphatic rings. The second-order valence-corrected chi connectivity index (χ2v) is 2.89. The van der Waals surface area contributed by atoms with Crippen LogP contribution >= 0.6 is 0 Å². The van der Waals surface area contributed by atoms with Gasteiger partial charge in [0.15, 0.2) is 5.78 Å². The van der Waals surface area contributed by atoms with Gasteiger partial charge in [-0.25, -0.2) is 0 Å². The summed E-state index contributed by atoms with van der Waals surface area (Å²) in [7, 11) is 0. The Morgan fingerprint density at radius 2 is 1.92 bits per heavy atom. The van der Waals surface area contributed by atoms with E-state index in [1.165, 1.54) is 5.56 Å². The van der Waals surface area contributed by atoms with Crippen molar-refractivity contribution < 1.29 is 10.5 Å². The normalized spacial score (nSPS) is 9.83. The zero-order valence-electron chi connectivity index (χ0n) is 7.34. The van der Waals surface area contributed by atoms with E-state index in [0.29, 0.717) is 13.0 Å². The number of carbonyl (C=O) groups is 1. The van der Waals surface area contributed by atoms with Gasteiger partial charge in [0, 0.05) is 5.56 Å². The smallest absolute Gasteiger partial charge is 0.168 e. The van der Waals surface area contributed by atoms with Crippen molar-refractivity contribution >= 4 is 5.78 Å². The van der Waals surface area contributed by atoms with Crippen molar-refractivity contribution in [3.8, 4) is 0 Å². The van der Waals surface area contributed by atoms with Gasteiger partial charge in [-0.05, 0) is 6.92 Å². The van der Waals surface area contributed by atoms with Crippen molar-refractivity contribution in [1.29, 1.82) is 0 Å². The van der Waals surface area contributed by atoms with Crippen LogP contribution in [0.15, 0.2) is 24.3 Å². The molecule has 0 bridgehead atoms. The van der Waals surface area contributed by atoms with Crippen LogP contribution in [-0.2, 0) is 0 Å². The molecule has 0 unspecified atom stereocenters. The third kappa shape index (κ3) is 2.17. The van der Waals surface area contributed by atoms with Crippen molar-refractivity contribution in [2.75, 3.05) is 6.54 Å². The summed E-state index contributed by atoms with van der Waals surface area (Å²) in [6.45, 7) is 2.68. The SMILES string of the molecule is Cc1ccc(C(=O)CC[NH3+])cc1. The lowest BCUT2D eigenvalue weighted by atomic mass is 10.1.